The van der Waals surface area contributed by atoms with Crippen LogP contribution in [-0.4, -0.2) is 28.9 Å². The Morgan fingerprint density at radius 2 is 0.959 bits per heavy atom. The second-order valence-corrected chi connectivity index (χ2v) is 12.0. The van der Waals surface area contributed by atoms with Gasteiger partial charge in [0.05, 0.1) is 11.0 Å². The molecule has 0 spiro atoms. The minimum atomic E-state index is 0.630. The Kier molecular flexibility index (Phi) is 6.04. The number of benzene rings is 6. The minimum Gasteiger partial charge on any atom is -0.436 e. The Balaban J connectivity index is 1.11. The van der Waals surface area contributed by atoms with Gasteiger partial charge in [0.2, 0.25) is 11.5 Å². The first-order valence-corrected chi connectivity index (χ1v) is 16.2. The van der Waals surface area contributed by atoms with E-state index in [1.165, 1.54) is 0 Å². The van der Waals surface area contributed by atoms with Crippen molar-refractivity contribution < 1.29 is 4.42 Å². The first-order chi connectivity index (χ1) is 24.3. The largest absolute Gasteiger partial charge is 0.436 e. The quantitative estimate of drug-likeness (QED) is 0.189. The van der Waals surface area contributed by atoms with Crippen LogP contribution in [-0.2, 0) is 0 Å². The molecule has 6 aromatic carbocycles. The maximum Gasteiger partial charge on any atom is 0.248 e. The van der Waals surface area contributed by atoms with Gasteiger partial charge in [0, 0.05) is 27.8 Å². The smallest absolute Gasteiger partial charge is 0.248 e. The molecule has 10 aromatic rings. The van der Waals surface area contributed by atoms with Gasteiger partial charge in [0.25, 0.3) is 0 Å². The molecule has 0 aliphatic heterocycles. The van der Waals surface area contributed by atoms with Gasteiger partial charge in [-0.05, 0) is 47.5 Å². The predicted octanol–water partition coefficient (Wildman–Crippen LogP) is 10.0. The fourth-order valence-corrected chi connectivity index (χ4v) is 6.69. The first kappa shape index (κ1) is 27.3. The number of imidazole rings is 2. The molecule has 0 saturated carbocycles. The molecule has 0 radical (unpaired) electrons. The van der Waals surface area contributed by atoms with Crippen LogP contribution in [0.1, 0.15) is 0 Å². The van der Waals surface area contributed by atoms with E-state index < -0.39 is 0 Å². The number of fused-ring (bicyclic) bond motifs is 7. The highest BCUT2D eigenvalue weighted by Crippen LogP contribution is 2.36. The average molecular weight is 631 g/mol. The summed E-state index contributed by atoms with van der Waals surface area (Å²) >= 11 is 0. The predicted molar refractivity (Wildman–Crippen MR) is 194 cm³/mol. The van der Waals surface area contributed by atoms with Gasteiger partial charge in [0.1, 0.15) is 11.1 Å². The number of hydrogen-bond donors (Lipinski definition) is 0. The molecule has 4 aromatic heterocycles. The summed E-state index contributed by atoms with van der Waals surface area (Å²) in [6, 6.07) is 53.6. The monoisotopic (exact) mass is 630 g/mol. The van der Waals surface area contributed by atoms with Crippen molar-refractivity contribution in [3.8, 4) is 51.0 Å². The minimum absolute atomic E-state index is 0.630. The lowest BCUT2D eigenvalue weighted by atomic mass is 10.0. The molecule has 0 atom stereocenters. The van der Waals surface area contributed by atoms with E-state index in [2.05, 4.69) is 81.8 Å². The van der Waals surface area contributed by atoms with E-state index in [-0.39, 0.29) is 0 Å². The molecule has 0 bridgehead atoms. The topological polar surface area (TPSA) is 74.0 Å². The van der Waals surface area contributed by atoms with Gasteiger partial charge >= 0.3 is 0 Å². The molecule has 0 amide bonds. The van der Waals surface area contributed by atoms with Gasteiger partial charge in [-0.2, -0.15) is 4.98 Å². The highest BCUT2D eigenvalue weighted by molar-refractivity contribution is 6.06. The number of aromatic nitrogens is 6. The number of furan rings is 1. The summed E-state index contributed by atoms with van der Waals surface area (Å²) in [6.45, 7) is 0. The van der Waals surface area contributed by atoms with Crippen molar-refractivity contribution >= 4 is 39.0 Å². The van der Waals surface area contributed by atoms with Crippen molar-refractivity contribution in [2.45, 2.75) is 0 Å². The summed E-state index contributed by atoms with van der Waals surface area (Å²) in [5, 5.41) is 1.04. The summed E-state index contributed by atoms with van der Waals surface area (Å²) < 4.78 is 10.6. The summed E-state index contributed by atoms with van der Waals surface area (Å²) in [4.78, 5) is 19.7. The van der Waals surface area contributed by atoms with Crippen LogP contribution in [0.3, 0.4) is 0 Å². The number of para-hydroxylation sites is 2. The fourth-order valence-electron chi connectivity index (χ4n) is 6.69. The first-order valence-electron chi connectivity index (χ1n) is 16.2. The summed E-state index contributed by atoms with van der Waals surface area (Å²) in [5.74, 6) is 2.73. The van der Waals surface area contributed by atoms with Crippen LogP contribution < -0.4 is 0 Å². The average Bonchev–Trinajstić information content (AvgIpc) is 3.82. The highest BCUT2D eigenvalue weighted by Gasteiger charge is 2.22. The second-order valence-electron chi connectivity index (χ2n) is 12.0. The van der Waals surface area contributed by atoms with E-state index >= 15 is 0 Å². The molecule has 0 saturated heterocycles. The Morgan fingerprint density at radius 3 is 1.61 bits per heavy atom. The van der Waals surface area contributed by atoms with Gasteiger partial charge in [0.15, 0.2) is 17.5 Å². The fraction of sp³-hybridized carbons (Fsp3) is 0. The van der Waals surface area contributed by atoms with Crippen molar-refractivity contribution in [1.82, 2.24) is 28.9 Å². The molecule has 0 fully saturated rings. The van der Waals surface area contributed by atoms with Gasteiger partial charge in [-0.25, -0.2) is 15.0 Å². The molecule has 4 heterocycles. The van der Waals surface area contributed by atoms with E-state index in [0.29, 0.717) is 23.2 Å². The van der Waals surface area contributed by atoms with Crippen molar-refractivity contribution in [1.29, 1.82) is 0 Å². The van der Waals surface area contributed by atoms with Crippen molar-refractivity contribution in [3.05, 3.63) is 158 Å². The Bertz CT molecular complexity index is 2740. The van der Waals surface area contributed by atoms with Crippen molar-refractivity contribution in [2.75, 3.05) is 0 Å². The third-order valence-electron chi connectivity index (χ3n) is 9.02. The second kappa shape index (κ2) is 10.9. The van der Waals surface area contributed by atoms with E-state index in [4.69, 9.17) is 24.4 Å². The van der Waals surface area contributed by atoms with Crippen molar-refractivity contribution in [2.24, 2.45) is 0 Å². The zero-order valence-electron chi connectivity index (χ0n) is 26.1. The Morgan fingerprint density at radius 1 is 0.429 bits per heavy atom. The van der Waals surface area contributed by atoms with E-state index in [1.807, 2.05) is 84.9 Å². The molecule has 0 aliphatic rings. The van der Waals surface area contributed by atoms with Gasteiger partial charge in [-0.1, -0.05) is 121 Å². The lowest BCUT2D eigenvalue weighted by molar-refractivity contribution is 0.656. The molecule has 49 heavy (non-hydrogen) atoms. The normalized spacial score (nSPS) is 11.7. The van der Waals surface area contributed by atoms with E-state index in [0.717, 1.165) is 66.8 Å². The van der Waals surface area contributed by atoms with Crippen LogP contribution in [0.5, 0.6) is 0 Å². The van der Waals surface area contributed by atoms with Crippen LogP contribution >= 0.6 is 0 Å². The third kappa shape index (κ3) is 4.44. The molecule has 0 N–H and O–H groups in total. The summed E-state index contributed by atoms with van der Waals surface area (Å²) in [7, 11) is 0. The Labute approximate surface area is 280 Å². The zero-order valence-corrected chi connectivity index (χ0v) is 26.1. The SMILES string of the molecule is c1ccc(-c2nc(-c3ccccc3)nc(-c3ccc(-c4ccc5c(c4)n(-c4ccccc4)c4nc6oc7ccccc7c6n54)cc3)n2)cc1. The summed E-state index contributed by atoms with van der Waals surface area (Å²) in [5.41, 5.74) is 10.6. The number of rotatable bonds is 5. The lowest BCUT2D eigenvalue weighted by Crippen LogP contribution is -2.00. The van der Waals surface area contributed by atoms with E-state index in [1.54, 1.807) is 0 Å². The zero-order chi connectivity index (χ0) is 32.3. The van der Waals surface area contributed by atoms with Crippen LogP contribution in [0.25, 0.3) is 90.0 Å². The maximum absolute atomic E-state index is 6.18. The van der Waals surface area contributed by atoms with E-state index in [9.17, 15) is 0 Å². The molecular weight excluding hydrogens is 605 g/mol. The molecule has 0 aliphatic carbocycles. The van der Waals surface area contributed by atoms with Crippen LogP contribution in [0.4, 0.5) is 0 Å². The standard InChI is InChI=1S/C42H26N6O/c1-4-12-28(13-5-1)38-43-39(29-14-6-2-7-15-29)45-40(44-38)30-22-20-27(21-23-30)31-24-25-34-35(26-31)47(32-16-8-3-9-17-32)42-46-41-37(48(34)42)33-18-10-11-19-36(33)49-41/h1-26H. The highest BCUT2D eigenvalue weighted by atomic mass is 16.3. The third-order valence-corrected chi connectivity index (χ3v) is 9.02. The molecule has 7 heteroatoms. The molecule has 10 rings (SSSR count). The number of nitrogens with zero attached hydrogens (tertiary/aromatic N) is 6. The van der Waals surface area contributed by atoms with Gasteiger partial charge in [-0.15, -0.1) is 0 Å². The maximum atomic E-state index is 6.18. The number of hydrogen-bond acceptors (Lipinski definition) is 5. The Hall–Kier alpha value is -6.86. The van der Waals surface area contributed by atoms with Crippen LogP contribution in [0.15, 0.2) is 162 Å². The van der Waals surface area contributed by atoms with Gasteiger partial charge in [-0.3, -0.25) is 8.97 Å². The van der Waals surface area contributed by atoms with Gasteiger partial charge < -0.3 is 4.42 Å². The van der Waals surface area contributed by atoms with Crippen LogP contribution in [0, 0.1) is 0 Å². The molecular formula is C42H26N6O. The molecule has 7 nitrogen and oxygen atoms in total. The molecule has 0 unspecified atom stereocenters. The van der Waals surface area contributed by atoms with Crippen LogP contribution in [0.2, 0.25) is 0 Å². The van der Waals surface area contributed by atoms with Crippen molar-refractivity contribution in [3.63, 3.8) is 0 Å². The lowest BCUT2D eigenvalue weighted by Gasteiger charge is -2.09. The molecule has 230 valence electrons. The summed E-state index contributed by atoms with van der Waals surface area (Å²) in [6.07, 6.45) is 0.